The van der Waals surface area contributed by atoms with Crippen molar-refractivity contribution in [2.45, 2.75) is 101 Å². The fourth-order valence-electron chi connectivity index (χ4n) is 17.8. The second-order valence-electron chi connectivity index (χ2n) is 28.7. The molecule has 0 heterocycles. The van der Waals surface area contributed by atoms with Crippen LogP contribution < -0.4 is 9.80 Å². The van der Waals surface area contributed by atoms with Gasteiger partial charge in [-0.05, 0) is 196 Å². The van der Waals surface area contributed by atoms with E-state index in [1.807, 2.05) is 0 Å². The Kier molecular flexibility index (Phi) is 11.6. The predicted molar refractivity (Wildman–Crippen MR) is 376 cm³/mol. The molecule has 0 aromatic heterocycles. The number of hydrogen-bond donors (Lipinski definition) is 0. The van der Waals surface area contributed by atoms with Crippen LogP contribution in [0.25, 0.3) is 44.5 Å². The molecule has 5 aliphatic rings. The smallest absolute Gasteiger partial charge is 0.0466 e. The molecule has 436 valence electrons. The molecule has 0 saturated heterocycles. The second kappa shape index (κ2) is 19.1. The van der Waals surface area contributed by atoms with Crippen LogP contribution in [0.4, 0.5) is 34.1 Å². The van der Waals surface area contributed by atoms with E-state index in [4.69, 9.17) is 0 Å². The minimum Gasteiger partial charge on any atom is -0.310 e. The highest BCUT2D eigenvalue weighted by Gasteiger charge is 2.53. The summed E-state index contributed by atoms with van der Waals surface area (Å²) in [4.78, 5) is 5.03. The molecule has 17 rings (SSSR count). The minimum atomic E-state index is -0.461. The van der Waals surface area contributed by atoms with E-state index in [0.717, 1.165) is 40.5 Å². The fourth-order valence-corrected chi connectivity index (χ4v) is 17.8. The van der Waals surface area contributed by atoms with Gasteiger partial charge in [0.25, 0.3) is 0 Å². The Bertz CT molecular complexity index is 4730. The van der Waals surface area contributed by atoms with Gasteiger partial charge < -0.3 is 9.80 Å². The zero-order valence-corrected chi connectivity index (χ0v) is 53.1. The lowest BCUT2D eigenvalue weighted by molar-refractivity contribution is 0.473. The van der Waals surface area contributed by atoms with E-state index in [1.165, 1.54) is 117 Å². The first-order chi connectivity index (χ1) is 43.5. The van der Waals surface area contributed by atoms with E-state index in [9.17, 15) is 0 Å². The Hall–Kier alpha value is -9.76. The lowest BCUT2D eigenvalue weighted by Crippen LogP contribution is -2.30. The molecule has 0 fully saturated rings. The third-order valence-corrected chi connectivity index (χ3v) is 22.5. The van der Waals surface area contributed by atoms with E-state index >= 15 is 0 Å². The van der Waals surface area contributed by atoms with Crippen LogP contribution in [0.15, 0.2) is 273 Å². The first-order valence-corrected chi connectivity index (χ1v) is 32.4. The lowest BCUT2D eigenvalue weighted by Gasteiger charge is -2.36. The lowest BCUT2D eigenvalue weighted by atomic mass is 9.67. The van der Waals surface area contributed by atoms with Crippen molar-refractivity contribution < 1.29 is 0 Å². The predicted octanol–water partition coefficient (Wildman–Crippen LogP) is 22.9. The number of nitrogens with zero attached hydrogens (tertiary/aromatic N) is 2. The van der Waals surface area contributed by atoms with Gasteiger partial charge in [0, 0.05) is 66.6 Å². The van der Waals surface area contributed by atoms with Crippen molar-refractivity contribution in [2.24, 2.45) is 0 Å². The van der Waals surface area contributed by atoms with Gasteiger partial charge in [0.05, 0.1) is 0 Å². The Morgan fingerprint density at radius 2 is 0.467 bits per heavy atom. The highest BCUT2D eigenvalue weighted by molar-refractivity contribution is 5.91. The number of anilines is 6. The molecule has 2 unspecified atom stereocenters. The molecule has 2 atom stereocenters. The zero-order valence-electron chi connectivity index (χ0n) is 53.1. The summed E-state index contributed by atoms with van der Waals surface area (Å²) in [5, 5.41) is 0. The van der Waals surface area contributed by atoms with Crippen molar-refractivity contribution in [3.05, 3.63) is 345 Å². The van der Waals surface area contributed by atoms with E-state index < -0.39 is 5.41 Å². The molecule has 5 aliphatic carbocycles. The summed E-state index contributed by atoms with van der Waals surface area (Å²) in [5.74, 6) is 0. The molecule has 0 saturated carbocycles. The van der Waals surface area contributed by atoms with Crippen LogP contribution >= 0.6 is 0 Å². The van der Waals surface area contributed by atoms with E-state index in [0.29, 0.717) is 0 Å². The molecule has 0 spiro atoms. The quantitative estimate of drug-likeness (QED) is 0.142. The normalized spacial score (nSPS) is 18.9. The maximum atomic E-state index is 2.51. The van der Waals surface area contributed by atoms with Crippen molar-refractivity contribution in [1.82, 2.24) is 0 Å². The topological polar surface area (TPSA) is 6.48 Å². The number of fused-ring (bicyclic) bond motifs is 13. The molecule has 0 bridgehead atoms. The fraction of sp³-hybridized carbons (Fsp3) is 0.182. The van der Waals surface area contributed by atoms with Crippen LogP contribution in [0.2, 0.25) is 0 Å². The average molecular weight is 1160 g/mol. The molecule has 0 aliphatic heterocycles. The van der Waals surface area contributed by atoms with Crippen LogP contribution in [-0.2, 0) is 32.5 Å². The van der Waals surface area contributed by atoms with Gasteiger partial charge in [-0.2, -0.15) is 0 Å². The van der Waals surface area contributed by atoms with Crippen molar-refractivity contribution in [2.75, 3.05) is 9.80 Å². The summed E-state index contributed by atoms with van der Waals surface area (Å²) < 4.78 is 0. The van der Waals surface area contributed by atoms with Gasteiger partial charge in [0.2, 0.25) is 0 Å². The van der Waals surface area contributed by atoms with E-state index in [2.05, 4.69) is 345 Å². The molecule has 0 radical (unpaired) electrons. The van der Waals surface area contributed by atoms with Gasteiger partial charge in [-0.25, -0.2) is 0 Å². The van der Waals surface area contributed by atoms with Gasteiger partial charge in [-0.15, -0.1) is 0 Å². The van der Waals surface area contributed by atoms with Gasteiger partial charge in [0.15, 0.2) is 0 Å². The van der Waals surface area contributed by atoms with Crippen LogP contribution in [0.5, 0.6) is 0 Å². The largest absolute Gasteiger partial charge is 0.310 e. The van der Waals surface area contributed by atoms with Crippen LogP contribution in [0.3, 0.4) is 0 Å². The summed E-state index contributed by atoms with van der Waals surface area (Å²) in [5.41, 5.74) is 33.8. The monoisotopic (exact) mass is 1160 g/mol. The molecule has 2 heteroatoms. The average Bonchev–Trinajstić information content (AvgIpc) is 1.53. The Balaban J connectivity index is 0.782. The number of hydrogen-bond acceptors (Lipinski definition) is 2. The Labute approximate surface area is 531 Å². The molecular formula is C88H74N2. The van der Waals surface area contributed by atoms with Gasteiger partial charge >= 0.3 is 0 Å². The molecular weight excluding hydrogens is 1080 g/mol. The van der Waals surface area contributed by atoms with Crippen molar-refractivity contribution in [3.8, 4) is 44.5 Å². The molecule has 90 heavy (non-hydrogen) atoms. The number of benzene rings is 12. The first-order valence-electron chi connectivity index (χ1n) is 32.4. The summed E-state index contributed by atoms with van der Waals surface area (Å²) in [6.07, 6.45) is 0.858. The minimum absolute atomic E-state index is 0.144. The van der Waals surface area contributed by atoms with Gasteiger partial charge in [0.1, 0.15) is 0 Å². The maximum absolute atomic E-state index is 2.51. The maximum Gasteiger partial charge on any atom is 0.0466 e. The summed E-state index contributed by atoms with van der Waals surface area (Å²) in [6, 6.07) is 105. The van der Waals surface area contributed by atoms with Gasteiger partial charge in [-0.3, -0.25) is 0 Å². The summed E-state index contributed by atoms with van der Waals surface area (Å²) in [6.45, 7) is 21.6. The summed E-state index contributed by atoms with van der Waals surface area (Å²) in [7, 11) is 0. The molecule has 0 amide bonds. The zero-order chi connectivity index (χ0) is 61.3. The number of rotatable bonds is 9. The molecule has 12 aromatic carbocycles. The van der Waals surface area contributed by atoms with Crippen molar-refractivity contribution in [1.29, 1.82) is 0 Å². The van der Waals surface area contributed by atoms with Gasteiger partial charge in [-0.1, -0.05) is 263 Å². The van der Waals surface area contributed by atoms with Crippen molar-refractivity contribution >= 4 is 34.1 Å². The van der Waals surface area contributed by atoms with Crippen LogP contribution in [0, 0.1) is 0 Å². The molecule has 2 nitrogen and oxygen atoms in total. The van der Waals surface area contributed by atoms with E-state index in [1.54, 1.807) is 0 Å². The van der Waals surface area contributed by atoms with Crippen LogP contribution in [-0.4, -0.2) is 0 Å². The first kappa shape index (κ1) is 54.4. The Morgan fingerprint density at radius 3 is 0.811 bits per heavy atom. The molecule has 12 aromatic rings. The van der Waals surface area contributed by atoms with Crippen LogP contribution in [0.1, 0.15) is 141 Å². The summed E-state index contributed by atoms with van der Waals surface area (Å²) >= 11 is 0. The highest BCUT2D eigenvalue weighted by atomic mass is 15.1. The standard InChI is InChI=1S/C88H74N2/c1-83(2)73-29-17-13-25-65(73)69-47-43-61(51-79(69)83)89(62-44-48-70-66-26-14-18-30-74(66)84(3,4)80(70)52-62)59-39-35-56(36-40-59)87(9)55-88(57-23-11-10-12-24-57,78-34-22-21-33-77(78)87)58-37-41-60(42-38-58)90(63-45-49-71-67-27-15-19-31-75(67)85(5,6)81(71)53-63)64-46-50-72-68-28-16-20-32-76(68)86(7,8)82(72)54-64/h10-54H,55H2,1-9H3. The Morgan fingerprint density at radius 1 is 0.211 bits per heavy atom. The third kappa shape index (κ3) is 7.51. The van der Waals surface area contributed by atoms with E-state index in [-0.39, 0.29) is 27.1 Å². The second-order valence-corrected chi connectivity index (χ2v) is 28.7. The van der Waals surface area contributed by atoms with Crippen molar-refractivity contribution in [3.63, 3.8) is 0 Å². The SMILES string of the molecule is CC1(C)c2ccccc2-c2ccc(N(c3ccc(C4(C)CC(c5ccccc5)(c5ccc(N(c6ccc7c(c6)C(C)(C)c6ccccc6-7)c6ccc7c(c6)C(C)(C)c6ccccc6-7)cc5)c5ccccc54)cc3)c3ccc4c(c3)C(C)(C)c3ccccc3-4)cc21. The highest BCUT2D eigenvalue weighted by Crippen LogP contribution is 2.61. The third-order valence-electron chi connectivity index (χ3n) is 22.5. The molecule has 0 N–H and O–H groups in total.